The van der Waals surface area contributed by atoms with Crippen molar-refractivity contribution < 1.29 is 5.11 Å². The van der Waals surface area contributed by atoms with Gasteiger partial charge < -0.3 is 10.4 Å². The van der Waals surface area contributed by atoms with Crippen LogP contribution >= 0.6 is 0 Å². The van der Waals surface area contributed by atoms with Gasteiger partial charge in [0.1, 0.15) is 0 Å². The molecule has 0 amide bonds. The fourth-order valence-electron chi connectivity index (χ4n) is 2.07. The lowest BCUT2D eigenvalue weighted by molar-refractivity contribution is -0.0236. The van der Waals surface area contributed by atoms with Crippen molar-refractivity contribution >= 4 is 0 Å². The van der Waals surface area contributed by atoms with Crippen molar-refractivity contribution in [2.75, 3.05) is 13.1 Å². The van der Waals surface area contributed by atoms with E-state index in [2.05, 4.69) is 25.2 Å². The molecule has 1 saturated carbocycles. The minimum Gasteiger partial charge on any atom is -0.389 e. The Bertz CT molecular complexity index is 211. The predicted molar refractivity (Wildman–Crippen MR) is 64.9 cm³/mol. The maximum atomic E-state index is 10.3. The quantitative estimate of drug-likeness (QED) is 0.553. The molecule has 2 heteroatoms. The maximum absolute atomic E-state index is 10.3. The molecule has 2 N–H and O–H groups in total. The number of rotatable bonds is 4. The monoisotopic (exact) mass is 211 g/mol. The molecule has 1 aliphatic carbocycles. The van der Waals surface area contributed by atoms with Crippen molar-refractivity contribution in [3.05, 3.63) is 12.2 Å². The standard InChI is InChI=1S/C13H25NO/c1-4-5-10-14-11-13(15)8-6-12(2,3)7-9-13/h4-5,14-15H,6-11H2,1-3H3/b5-4+. The van der Waals surface area contributed by atoms with Crippen molar-refractivity contribution in [3.63, 3.8) is 0 Å². The third kappa shape index (κ3) is 4.35. The molecule has 15 heavy (non-hydrogen) atoms. The largest absolute Gasteiger partial charge is 0.389 e. The summed E-state index contributed by atoms with van der Waals surface area (Å²) in [5.41, 5.74) is -0.0351. The molecule has 1 fully saturated rings. The molecule has 0 bridgehead atoms. The molecule has 88 valence electrons. The van der Waals surface area contributed by atoms with Crippen LogP contribution in [0.5, 0.6) is 0 Å². The van der Waals surface area contributed by atoms with Crippen molar-refractivity contribution in [2.24, 2.45) is 5.41 Å². The van der Waals surface area contributed by atoms with Gasteiger partial charge in [0.15, 0.2) is 0 Å². The fraction of sp³-hybridized carbons (Fsp3) is 0.846. The van der Waals surface area contributed by atoms with Crippen LogP contribution in [0.4, 0.5) is 0 Å². The van der Waals surface area contributed by atoms with Gasteiger partial charge in [0.25, 0.3) is 0 Å². The summed E-state index contributed by atoms with van der Waals surface area (Å²) in [6.07, 6.45) is 8.24. The van der Waals surface area contributed by atoms with Crippen LogP contribution in [0.15, 0.2) is 12.2 Å². The smallest absolute Gasteiger partial charge is 0.0772 e. The highest BCUT2D eigenvalue weighted by Crippen LogP contribution is 2.39. The molecular formula is C13H25NO. The van der Waals surface area contributed by atoms with Crippen molar-refractivity contribution in [1.82, 2.24) is 5.32 Å². The third-order valence-electron chi connectivity index (χ3n) is 3.49. The van der Waals surface area contributed by atoms with Gasteiger partial charge in [0.2, 0.25) is 0 Å². The van der Waals surface area contributed by atoms with Gasteiger partial charge in [-0.3, -0.25) is 0 Å². The van der Waals surface area contributed by atoms with Crippen molar-refractivity contribution in [1.29, 1.82) is 0 Å². The predicted octanol–water partition coefficient (Wildman–Crippen LogP) is 2.48. The van der Waals surface area contributed by atoms with Crippen molar-refractivity contribution in [3.8, 4) is 0 Å². The third-order valence-corrected chi connectivity index (χ3v) is 3.49. The second kappa shape index (κ2) is 5.13. The average Bonchev–Trinajstić information content (AvgIpc) is 2.19. The van der Waals surface area contributed by atoms with Crippen LogP contribution in [0.25, 0.3) is 0 Å². The summed E-state index contributed by atoms with van der Waals surface area (Å²) in [5, 5.41) is 13.6. The second-order valence-corrected chi connectivity index (χ2v) is 5.59. The van der Waals surface area contributed by atoms with Crippen LogP contribution in [0, 0.1) is 5.41 Å². The molecule has 0 aliphatic heterocycles. The van der Waals surface area contributed by atoms with Gasteiger partial charge in [-0.25, -0.2) is 0 Å². The van der Waals surface area contributed by atoms with E-state index in [0.29, 0.717) is 5.41 Å². The summed E-state index contributed by atoms with van der Waals surface area (Å²) in [6.45, 7) is 8.19. The second-order valence-electron chi connectivity index (χ2n) is 5.59. The zero-order valence-corrected chi connectivity index (χ0v) is 10.3. The number of hydrogen-bond acceptors (Lipinski definition) is 2. The molecule has 1 aliphatic rings. The lowest BCUT2D eigenvalue weighted by Gasteiger charge is -2.40. The summed E-state index contributed by atoms with van der Waals surface area (Å²) < 4.78 is 0. The average molecular weight is 211 g/mol. The number of nitrogens with one attached hydrogen (secondary N) is 1. The fourth-order valence-corrected chi connectivity index (χ4v) is 2.07. The van der Waals surface area contributed by atoms with E-state index >= 15 is 0 Å². The Kier molecular flexibility index (Phi) is 4.35. The zero-order valence-electron chi connectivity index (χ0n) is 10.3. The normalized spacial score (nSPS) is 24.5. The van der Waals surface area contributed by atoms with E-state index in [1.807, 2.05) is 13.0 Å². The molecule has 0 atom stereocenters. The highest BCUT2D eigenvalue weighted by Gasteiger charge is 2.35. The molecule has 0 saturated heterocycles. The van der Waals surface area contributed by atoms with E-state index < -0.39 is 5.60 Å². The van der Waals surface area contributed by atoms with Gasteiger partial charge in [-0.2, -0.15) is 0 Å². The van der Waals surface area contributed by atoms with Gasteiger partial charge >= 0.3 is 0 Å². The lowest BCUT2D eigenvalue weighted by Crippen LogP contribution is -2.45. The van der Waals surface area contributed by atoms with E-state index in [9.17, 15) is 5.11 Å². The van der Waals surface area contributed by atoms with Gasteiger partial charge in [-0.05, 0) is 38.0 Å². The molecule has 0 aromatic rings. The Morgan fingerprint density at radius 3 is 2.33 bits per heavy atom. The number of aliphatic hydroxyl groups is 1. The Balaban J connectivity index is 2.29. The summed E-state index contributed by atoms with van der Waals surface area (Å²) >= 11 is 0. The molecule has 0 spiro atoms. The van der Waals surface area contributed by atoms with Crippen LogP contribution in [-0.2, 0) is 0 Å². The topological polar surface area (TPSA) is 32.3 Å². The highest BCUT2D eigenvalue weighted by molar-refractivity contribution is 4.91. The van der Waals surface area contributed by atoms with Crippen LogP contribution in [-0.4, -0.2) is 23.8 Å². The van der Waals surface area contributed by atoms with E-state index in [-0.39, 0.29) is 0 Å². The molecule has 2 nitrogen and oxygen atoms in total. The summed E-state index contributed by atoms with van der Waals surface area (Å²) in [6, 6.07) is 0. The lowest BCUT2D eigenvalue weighted by atomic mass is 9.71. The number of allylic oxidation sites excluding steroid dienone is 1. The van der Waals surface area contributed by atoms with Crippen LogP contribution in [0.1, 0.15) is 46.5 Å². The summed E-state index contributed by atoms with van der Waals surface area (Å²) in [7, 11) is 0. The van der Waals surface area contributed by atoms with Crippen LogP contribution < -0.4 is 5.32 Å². The van der Waals surface area contributed by atoms with Gasteiger partial charge in [-0.1, -0.05) is 26.0 Å². The first-order chi connectivity index (χ1) is 6.97. The minimum absolute atomic E-state index is 0.426. The van der Waals surface area contributed by atoms with E-state index in [0.717, 1.165) is 38.8 Å². The van der Waals surface area contributed by atoms with Gasteiger partial charge in [0.05, 0.1) is 5.60 Å². The van der Waals surface area contributed by atoms with E-state index in [4.69, 9.17) is 0 Å². The van der Waals surface area contributed by atoms with Gasteiger partial charge in [-0.15, -0.1) is 0 Å². The molecule has 0 aromatic carbocycles. The molecule has 0 radical (unpaired) electrons. The highest BCUT2D eigenvalue weighted by atomic mass is 16.3. The van der Waals surface area contributed by atoms with E-state index in [1.165, 1.54) is 0 Å². The Morgan fingerprint density at radius 1 is 1.20 bits per heavy atom. The first-order valence-corrected chi connectivity index (χ1v) is 6.02. The number of hydrogen-bond donors (Lipinski definition) is 2. The van der Waals surface area contributed by atoms with E-state index in [1.54, 1.807) is 0 Å². The molecule has 0 aromatic heterocycles. The van der Waals surface area contributed by atoms with Gasteiger partial charge in [0, 0.05) is 13.1 Å². The summed E-state index contributed by atoms with van der Waals surface area (Å²) in [4.78, 5) is 0. The first kappa shape index (κ1) is 12.7. The Morgan fingerprint density at radius 2 is 1.80 bits per heavy atom. The van der Waals surface area contributed by atoms with Crippen molar-refractivity contribution in [2.45, 2.75) is 52.1 Å². The van der Waals surface area contributed by atoms with Crippen LogP contribution in [0.3, 0.4) is 0 Å². The minimum atomic E-state index is -0.461. The molecular weight excluding hydrogens is 186 g/mol. The molecule has 0 heterocycles. The first-order valence-electron chi connectivity index (χ1n) is 6.02. The summed E-state index contributed by atoms with van der Waals surface area (Å²) in [5.74, 6) is 0. The van der Waals surface area contributed by atoms with Crippen LogP contribution in [0.2, 0.25) is 0 Å². The zero-order chi connectivity index (χ0) is 11.4. The maximum Gasteiger partial charge on any atom is 0.0772 e. The molecule has 1 rings (SSSR count). The SMILES string of the molecule is C/C=C/CNCC1(O)CCC(C)(C)CC1. The Hall–Kier alpha value is -0.340. The molecule has 0 unspecified atom stereocenters. The Labute approximate surface area is 93.8 Å².